The number of rotatable bonds is 2. The van der Waals surface area contributed by atoms with Crippen molar-refractivity contribution in [1.82, 2.24) is 0 Å². The Labute approximate surface area is 95.7 Å². The minimum atomic E-state index is -0.825. The molecular weight excluding hydrogens is 202 g/mol. The van der Waals surface area contributed by atoms with Crippen LogP contribution in [0.3, 0.4) is 0 Å². The van der Waals surface area contributed by atoms with Gasteiger partial charge in [-0.2, -0.15) is 0 Å². The lowest BCUT2D eigenvalue weighted by atomic mass is 10.0. The summed E-state index contributed by atoms with van der Waals surface area (Å²) < 4.78 is 0. The predicted octanol–water partition coefficient (Wildman–Crippen LogP) is 2.60. The normalized spacial score (nSPS) is 15.5. The molecule has 1 fully saturated rings. The van der Waals surface area contributed by atoms with Crippen molar-refractivity contribution in [3.63, 3.8) is 0 Å². The monoisotopic (exact) mass is 219 g/mol. The standard InChI is InChI=1S/C13H17NO2/c1-9-7-10(2)12(11(8-9)13(15)16)14-5-3-4-6-14/h7-8H,3-6H2,1-2H3,(H,15,16). The molecule has 0 aromatic heterocycles. The summed E-state index contributed by atoms with van der Waals surface area (Å²) in [6.45, 7) is 5.88. The van der Waals surface area contributed by atoms with Crippen LogP contribution in [0.15, 0.2) is 12.1 Å². The van der Waals surface area contributed by atoms with Gasteiger partial charge in [0, 0.05) is 13.1 Å². The Hall–Kier alpha value is -1.51. The fraction of sp³-hybridized carbons (Fsp3) is 0.462. The molecule has 2 rings (SSSR count). The van der Waals surface area contributed by atoms with Crippen molar-refractivity contribution in [1.29, 1.82) is 0 Å². The Morgan fingerprint density at radius 2 is 1.88 bits per heavy atom. The predicted molar refractivity (Wildman–Crippen MR) is 64.3 cm³/mol. The zero-order chi connectivity index (χ0) is 11.7. The number of hydrogen-bond acceptors (Lipinski definition) is 2. The molecule has 1 aliphatic heterocycles. The molecule has 3 nitrogen and oxygen atoms in total. The van der Waals surface area contributed by atoms with Crippen molar-refractivity contribution in [2.75, 3.05) is 18.0 Å². The largest absolute Gasteiger partial charge is 0.478 e. The number of carbonyl (C=O) groups is 1. The lowest BCUT2D eigenvalue weighted by molar-refractivity contribution is 0.0697. The smallest absolute Gasteiger partial charge is 0.337 e. The van der Waals surface area contributed by atoms with E-state index in [1.807, 2.05) is 13.8 Å². The van der Waals surface area contributed by atoms with Crippen LogP contribution in [0.4, 0.5) is 5.69 Å². The van der Waals surface area contributed by atoms with Gasteiger partial charge in [-0.3, -0.25) is 0 Å². The molecule has 0 spiro atoms. The number of carboxylic acid groups (broad SMARTS) is 1. The Bertz CT molecular complexity index is 420. The van der Waals surface area contributed by atoms with Crippen LogP contribution in [0.2, 0.25) is 0 Å². The molecule has 0 saturated carbocycles. The zero-order valence-corrected chi connectivity index (χ0v) is 9.79. The second-order valence-corrected chi connectivity index (χ2v) is 4.48. The fourth-order valence-corrected chi connectivity index (χ4v) is 2.48. The molecule has 0 bridgehead atoms. The van der Waals surface area contributed by atoms with Crippen LogP contribution < -0.4 is 4.90 Å². The first-order valence-corrected chi connectivity index (χ1v) is 5.69. The summed E-state index contributed by atoms with van der Waals surface area (Å²) in [5, 5.41) is 9.25. The molecule has 16 heavy (non-hydrogen) atoms. The van der Waals surface area contributed by atoms with Crippen molar-refractivity contribution in [2.45, 2.75) is 26.7 Å². The van der Waals surface area contributed by atoms with Gasteiger partial charge in [-0.25, -0.2) is 4.79 Å². The molecule has 0 amide bonds. The van der Waals surface area contributed by atoms with Gasteiger partial charge >= 0.3 is 5.97 Å². The topological polar surface area (TPSA) is 40.5 Å². The van der Waals surface area contributed by atoms with Crippen LogP contribution in [0.1, 0.15) is 34.3 Å². The molecule has 0 aliphatic carbocycles. The van der Waals surface area contributed by atoms with E-state index < -0.39 is 5.97 Å². The zero-order valence-electron chi connectivity index (χ0n) is 9.79. The molecule has 86 valence electrons. The van der Waals surface area contributed by atoms with Crippen LogP contribution in [-0.2, 0) is 0 Å². The molecule has 3 heteroatoms. The molecule has 1 heterocycles. The van der Waals surface area contributed by atoms with Gasteiger partial charge in [0.25, 0.3) is 0 Å². The first-order chi connectivity index (χ1) is 7.59. The van der Waals surface area contributed by atoms with Gasteiger partial charge in [-0.05, 0) is 43.9 Å². The van der Waals surface area contributed by atoms with Crippen LogP contribution in [0.5, 0.6) is 0 Å². The molecule has 1 aromatic rings. The number of carboxylic acids is 1. The molecule has 1 aliphatic rings. The van der Waals surface area contributed by atoms with Crippen molar-refractivity contribution in [3.05, 3.63) is 28.8 Å². The van der Waals surface area contributed by atoms with Gasteiger partial charge in [0.1, 0.15) is 0 Å². The van der Waals surface area contributed by atoms with Gasteiger partial charge in [-0.1, -0.05) is 6.07 Å². The lowest BCUT2D eigenvalue weighted by Crippen LogP contribution is -2.22. The number of aryl methyl sites for hydroxylation is 2. The van der Waals surface area contributed by atoms with E-state index >= 15 is 0 Å². The van der Waals surface area contributed by atoms with Crippen molar-refractivity contribution < 1.29 is 9.90 Å². The number of benzene rings is 1. The minimum Gasteiger partial charge on any atom is -0.478 e. The minimum absolute atomic E-state index is 0.444. The Balaban J connectivity index is 2.52. The molecular formula is C13H17NO2. The molecule has 0 unspecified atom stereocenters. The summed E-state index contributed by atoms with van der Waals surface area (Å²) in [5.41, 5.74) is 3.44. The van der Waals surface area contributed by atoms with E-state index in [2.05, 4.69) is 11.0 Å². The summed E-state index contributed by atoms with van der Waals surface area (Å²) in [5.74, 6) is -0.825. The van der Waals surface area contributed by atoms with E-state index in [-0.39, 0.29) is 0 Å². The highest BCUT2D eigenvalue weighted by atomic mass is 16.4. The van der Waals surface area contributed by atoms with Crippen molar-refractivity contribution in [2.24, 2.45) is 0 Å². The Morgan fingerprint density at radius 3 is 2.44 bits per heavy atom. The third-order valence-corrected chi connectivity index (χ3v) is 3.10. The lowest BCUT2D eigenvalue weighted by Gasteiger charge is -2.22. The second kappa shape index (κ2) is 4.16. The Kier molecular flexibility index (Phi) is 2.86. The van der Waals surface area contributed by atoms with E-state index in [0.29, 0.717) is 5.56 Å². The Morgan fingerprint density at radius 1 is 1.25 bits per heavy atom. The second-order valence-electron chi connectivity index (χ2n) is 4.48. The van der Waals surface area contributed by atoms with E-state index in [0.717, 1.165) is 42.7 Å². The first kappa shape index (κ1) is 11.0. The van der Waals surface area contributed by atoms with Crippen LogP contribution in [-0.4, -0.2) is 24.2 Å². The molecule has 0 radical (unpaired) electrons. The average Bonchev–Trinajstić information content (AvgIpc) is 2.69. The summed E-state index contributed by atoms with van der Waals surface area (Å²) in [4.78, 5) is 13.4. The van der Waals surface area contributed by atoms with Crippen molar-refractivity contribution >= 4 is 11.7 Å². The number of nitrogens with zero attached hydrogens (tertiary/aromatic N) is 1. The van der Waals surface area contributed by atoms with Gasteiger partial charge in [0.05, 0.1) is 11.3 Å². The highest BCUT2D eigenvalue weighted by Crippen LogP contribution is 2.29. The number of hydrogen-bond donors (Lipinski definition) is 1. The first-order valence-electron chi connectivity index (χ1n) is 5.69. The number of anilines is 1. The van der Waals surface area contributed by atoms with Gasteiger partial charge in [0.2, 0.25) is 0 Å². The van der Waals surface area contributed by atoms with Crippen molar-refractivity contribution in [3.8, 4) is 0 Å². The number of aromatic carboxylic acids is 1. The molecule has 1 aromatic carbocycles. The van der Waals surface area contributed by atoms with E-state index in [4.69, 9.17) is 0 Å². The molecule has 0 atom stereocenters. The molecule has 1 saturated heterocycles. The van der Waals surface area contributed by atoms with Gasteiger partial charge < -0.3 is 10.0 Å². The summed E-state index contributed by atoms with van der Waals surface area (Å²) >= 11 is 0. The summed E-state index contributed by atoms with van der Waals surface area (Å²) in [6.07, 6.45) is 2.32. The highest BCUT2D eigenvalue weighted by Gasteiger charge is 2.21. The van der Waals surface area contributed by atoms with Crippen LogP contribution >= 0.6 is 0 Å². The maximum atomic E-state index is 11.3. The third kappa shape index (κ3) is 1.90. The summed E-state index contributed by atoms with van der Waals surface area (Å²) in [7, 11) is 0. The van der Waals surface area contributed by atoms with Crippen LogP contribution in [0.25, 0.3) is 0 Å². The fourth-order valence-electron chi connectivity index (χ4n) is 2.48. The highest BCUT2D eigenvalue weighted by molar-refractivity contribution is 5.95. The third-order valence-electron chi connectivity index (χ3n) is 3.10. The molecule has 1 N–H and O–H groups in total. The van der Waals surface area contributed by atoms with E-state index in [1.165, 1.54) is 0 Å². The van der Waals surface area contributed by atoms with E-state index in [9.17, 15) is 9.90 Å². The summed E-state index contributed by atoms with van der Waals surface area (Å²) in [6, 6.07) is 3.82. The van der Waals surface area contributed by atoms with Gasteiger partial charge in [-0.15, -0.1) is 0 Å². The van der Waals surface area contributed by atoms with E-state index in [1.54, 1.807) is 6.07 Å². The maximum absolute atomic E-state index is 11.3. The van der Waals surface area contributed by atoms with Crippen LogP contribution in [0, 0.1) is 13.8 Å². The van der Waals surface area contributed by atoms with Gasteiger partial charge in [0.15, 0.2) is 0 Å². The average molecular weight is 219 g/mol. The maximum Gasteiger partial charge on any atom is 0.337 e. The SMILES string of the molecule is Cc1cc(C)c(N2CCCC2)c(C(=O)O)c1. The quantitative estimate of drug-likeness (QED) is 0.831.